The average molecular weight is 237 g/mol. The van der Waals surface area contributed by atoms with Gasteiger partial charge in [0.25, 0.3) is 0 Å². The summed E-state index contributed by atoms with van der Waals surface area (Å²) in [5.41, 5.74) is 3.31. The van der Waals surface area contributed by atoms with E-state index in [1.165, 1.54) is 0 Å². The van der Waals surface area contributed by atoms with Gasteiger partial charge >= 0.3 is 0 Å². The highest BCUT2D eigenvalue weighted by atomic mass is 16.1. The number of carbonyl (C=O) groups excluding carboxylic acids is 2. The second kappa shape index (κ2) is 3.81. The number of fused-ring (bicyclic) bond motifs is 3. The van der Waals surface area contributed by atoms with Gasteiger partial charge in [-0.15, -0.1) is 0 Å². The van der Waals surface area contributed by atoms with Crippen molar-refractivity contribution < 1.29 is 9.59 Å². The second-order valence-corrected chi connectivity index (χ2v) is 4.35. The van der Waals surface area contributed by atoms with Gasteiger partial charge < -0.3 is 4.57 Å². The molecule has 3 nitrogen and oxygen atoms in total. The highest BCUT2D eigenvalue weighted by Crippen LogP contribution is 2.28. The number of aldehydes is 2. The van der Waals surface area contributed by atoms with Gasteiger partial charge in [-0.1, -0.05) is 24.3 Å². The smallest absolute Gasteiger partial charge is 0.150 e. The molecule has 1 heterocycles. The van der Waals surface area contributed by atoms with Crippen LogP contribution in [0.15, 0.2) is 36.4 Å². The van der Waals surface area contributed by atoms with E-state index >= 15 is 0 Å². The van der Waals surface area contributed by atoms with Crippen LogP contribution < -0.4 is 0 Å². The van der Waals surface area contributed by atoms with Crippen molar-refractivity contribution in [2.24, 2.45) is 7.05 Å². The number of benzene rings is 2. The summed E-state index contributed by atoms with van der Waals surface area (Å²) >= 11 is 0. The van der Waals surface area contributed by atoms with E-state index in [1.54, 1.807) is 0 Å². The third-order valence-electron chi connectivity index (χ3n) is 3.33. The van der Waals surface area contributed by atoms with Crippen LogP contribution in [0.25, 0.3) is 21.8 Å². The molecule has 0 aliphatic heterocycles. The number of carbonyl (C=O) groups is 2. The maximum absolute atomic E-state index is 10.8. The molecule has 0 atom stereocenters. The lowest BCUT2D eigenvalue weighted by Crippen LogP contribution is -1.88. The van der Waals surface area contributed by atoms with Crippen molar-refractivity contribution in [3.8, 4) is 0 Å². The first kappa shape index (κ1) is 10.7. The van der Waals surface area contributed by atoms with Crippen LogP contribution in [-0.2, 0) is 7.05 Å². The average Bonchev–Trinajstić information content (AvgIpc) is 2.71. The number of nitrogens with zero attached hydrogens (tertiary/aromatic N) is 1. The number of hydrogen-bond donors (Lipinski definition) is 0. The Labute approximate surface area is 104 Å². The zero-order chi connectivity index (χ0) is 12.7. The van der Waals surface area contributed by atoms with Gasteiger partial charge in [-0.25, -0.2) is 0 Å². The van der Waals surface area contributed by atoms with Gasteiger partial charge in [0.2, 0.25) is 0 Å². The molecular formula is C15H11NO2. The fraction of sp³-hybridized carbons (Fsp3) is 0.0667. The standard InChI is InChI=1S/C15H11NO2/c1-16-14-6-10(8-17)2-4-12(14)13-5-3-11(9-18)7-15(13)16/h2-9H,1H3. The Morgan fingerprint density at radius 2 is 1.28 bits per heavy atom. The van der Waals surface area contributed by atoms with E-state index in [9.17, 15) is 9.59 Å². The van der Waals surface area contributed by atoms with E-state index in [0.29, 0.717) is 11.1 Å². The van der Waals surface area contributed by atoms with E-state index in [1.807, 2.05) is 48.0 Å². The van der Waals surface area contributed by atoms with Crippen molar-refractivity contribution >= 4 is 34.4 Å². The summed E-state index contributed by atoms with van der Waals surface area (Å²) in [6, 6.07) is 11.2. The molecule has 0 radical (unpaired) electrons. The predicted molar refractivity (Wildman–Crippen MR) is 71.2 cm³/mol. The third kappa shape index (κ3) is 1.37. The molecule has 0 spiro atoms. The lowest BCUT2D eigenvalue weighted by atomic mass is 10.1. The van der Waals surface area contributed by atoms with Gasteiger partial charge in [-0.2, -0.15) is 0 Å². The van der Waals surface area contributed by atoms with Gasteiger partial charge in [-0.05, 0) is 12.1 Å². The molecule has 0 fully saturated rings. The predicted octanol–water partition coefficient (Wildman–Crippen LogP) is 2.96. The van der Waals surface area contributed by atoms with Crippen molar-refractivity contribution in [1.29, 1.82) is 0 Å². The quantitative estimate of drug-likeness (QED) is 0.643. The Morgan fingerprint density at radius 3 is 1.67 bits per heavy atom. The summed E-state index contributed by atoms with van der Waals surface area (Å²) in [5, 5.41) is 2.19. The second-order valence-electron chi connectivity index (χ2n) is 4.35. The van der Waals surface area contributed by atoms with E-state index in [0.717, 1.165) is 34.4 Å². The molecule has 0 N–H and O–H groups in total. The van der Waals surface area contributed by atoms with Gasteiger partial charge in [0.05, 0.1) is 0 Å². The largest absolute Gasteiger partial charge is 0.344 e. The molecule has 88 valence electrons. The van der Waals surface area contributed by atoms with Gasteiger partial charge in [0.15, 0.2) is 0 Å². The van der Waals surface area contributed by atoms with Crippen LogP contribution >= 0.6 is 0 Å². The topological polar surface area (TPSA) is 39.1 Å². The molecule has 0 amide bonds. The van der Waals surface area contributed by atoms with Crippen LogP contribution in [0.2, 0.25) is 0 Å². The van der Waals surface area contributed by atoms with Crippen molar-refractivity contribution in [2.75, 3.05) is 0 Å². The van der Waals surface area contributed by atoms with E-state index < -0.39 is 0 Å². The van der Waals surface area contributed by atoms with Crippen LogP contribution in [0.3, 0.4) is 0 Å². The number of aromatic nitrogens is 1. The molecule has 2 aromatic carbocycles. The summed E-state index contributed by atoms with van der Waals surface area (Å²) in [6.07, 6.45) is 1.68. The first-order valence-electron chi connectivity index (χ1n) is 5.67. The Balaban J connectivity index is 2.48. The summed E-state index contributed by atoms with van der Waals surface area (Å²) < 4.78 is 2.00. The first-order valence-corrected chi connectivity index (χ1v) is 5.67. The summed E-state index contributed by atoms with van der Waals surface area (Å²) in [6.45, 7) is 0. The first-order chi connectivity index (χ1) is 8.74. The van der Waals surface area contributed by atoms with Crippen LogP contribution in [0, 0.1) is 0 Å². The normalized spacial score (nSPS) is 10.9. The van der Waals surface area contributed by atoms with E-state index in [2.05, 4.69) is 0 Å². The minimum atomic E-state index is 0.656. The van der Waals surface area contributed by atoms with Gasteiger partial charge in [0.1, 0.15) is 12.6 Å². The highest BCUT2D eigenvalue weighted by molar-refractivity contribution is 6.09. The zero-order valence-corrected chi connectivity index (χ0v) is 9.88. The Kier molecular flexibility index (Phi) is 2.27. The van der Waals surface area contributed by atoms with Crippen LogP contribution in [0.1, 0.15) is 20.7 Å². The molecule has 3 heteroatoms. The molecule has 3 aromatic rings. The van der Waals surface area contributed by atoms with Gasteiger partial charge in [0, 0.05) is 40.0 Å². The lowest BCUT2D eigenvalue weighted by molar-refractivity contribution is 0.111. The molecule has 0 saturated carbocycles. The fourth-order valence-corrected chi connectivity index (χ4v) is 2.38. The molecule has 0 unspecified atom stereocenters. The Hall–Kier alpha value is -2.42. The Bertz CT molecular complexity index is 719. The summed E-state index contributed by atoms with van der Waals surface area (Å²) in [5.74, 6) is 0. The molecule has 3 rings (SSSR count). The number of rotatable bonds is 2. The maximum atomic E-state index is 10.8. The van der Waals surface area contributed by atoms with Crippen molar-refractivity contribution in [3.05, 3.63) is 47.5 Å². The van der Waals surface area contributed by atoms with Crippen LogP contribution in [-0.4, -0.2) is 17.1 Å². The lowest BCUT2D eigenvalue weighted by Gasteiger charge is -1.98. The van der Waals surface area contributed by atoms with Crippen LogP contribution in [0.5, 0.6) is 0 Å². The molecule has 0 aliphatic rings. The van der Waals surface area contributed by atoms with Gasteiger partial charge in [-0.3, -0.25) is 9.59 Å². The van der Waals surface area contributed by atoms with E-state index in [-0.39, 0.29) is 0 Å². The van der Waals surface area contributed by atoms with Crippen molar-refractivity contribution in [2.45, 2.75) is 0 Å². The van der Waals surface area contributed by atoms with E-state index in [4.69, 9.17) is 0 Å². The Morgan fingerprint density at radius 1 is 0.833 bits per heavy atom. The molecule has 0 saturated heterocycles. The number of hydrogen-bond acceptors (Lipinski definition) is 2. The fourth-order valence-electron chi connectivity index (χ4n) is 2.38. The van der Waals surface area contributed by atoms with Crippen molar-refractivity contribution in [1.82, 2.24) is 4.57 Å². The summed E-state index contributed by atoms with van der Waals surface area (Å²) in [7, 11) is 1.94. The summed E-state index contributed by atoms with van der Waals surface area (Å²) in [4.78, 5) is 21.6. The highest BCUT2D eigenvalue weighted by Gasteiger charge is 2.09. The number of aryl methyl sites for hydroxylation is 1. The van der Waals surface area contributed by atoms with Crippen LogP contribution in [0.4, 0.5) is 0 Å². The third-order valence-corrected chi connectivity index (χ3v) is 3.33. The molecule has 1 aromatic heterocycles. The SMILES string of the molecule is Cn1c2cc(C=O)ccc2c2ccc(C=O)cc21. The monoisotopic (exact) mass is 237 g/mol. The minimum absolute atomic E-state index is 0.656. The molecular weight excluding hydrogens is 226 g/mol. The zero-order valence-electron chi connectivity index (χ0n) is 9.88. The molecule has 0 aliphatic carbocycles. The van der Waals surface area contributed by atoms with Crippen molar-refractivity contribution in [3.63, 3.8) is 0 Å². The molecule has 0 bridgehead atoms. The minimum Gasteiger partial charge on any atom is -0.344 e. The molecule has 18 heavy (non-hydrogen) atoms. The maximum Gasteiger partial charge on any atom is 0.150 e.